The maximum absolute atomic E-state index is 13.2. The first-order valence-corrected chi connectivity index (χ1v) is 10.1. The Hall–Kier alpha value is -1.37. The van der Waals surface area contributed by atoms with Gasteiger partial charge in [-0.2, -0.15) is 0 Å². The van der Waals surface area contributed by atoms with Crippen LogP contribution in [0.3, 0.4) is 0 Å². The first kappa shape index (κ1) is 20.4. The van der Waals surface area contributed by atoms with Crippen LogP contribution >= 0.6 is 11.6 Å². The summed E-state index contributed by atoms with van der Waals surface area (Å²) < 4.78 is 24.3. The third-order valence-corrected chi connectivity index (χ3v) is 5.92. The fraction of sp³-hybridized carbons (Fsp3) is 0.650. The minimum absolute atomic E-state index is 0.00489. The highest BCUT2D eigenvalue weighted by atomic mass is 35.5. The van der Waals surface area contributed by atoms with Crippen LogP contribution in [0.2, 0.25) is 5.02 Å². The van der Waals surface area contributed by atoms with Gasteiger partial charge < -0.3 is 14.8 Å². The lowest BCUT2D eigenvalue weighted by Crippen LogP contribution is -2.60. The molecule has 1 heterocycles. The summed E-state index contributed by atoms with van der Waals surface area (Å²) >= 11 is 5.99. The Bertz CT molecular complexity index is 646. The molecular formula is C20H28ClFN2O3. The van der Waals surface area contributed by atoms with E-state index in [0.29, 0.717) is 12.3 Å². The second-order valence-corrected chi connectivity index (χ2v) is 7.84. The Morgan fingerprint density at radius 3 is 2.70 bits per heavy atom. The zero-order valence-electron chi connectivity index (χ0n) is 15.8. The van der Waals surface area contributed by atoms with Crippen molar-refractivity contribution in [1.82, 2.24) is 10.2 Å². The van der Waals surface area contributed by atoms with Crippen molar-refractivity contribution in [3.63, 3.8) is 0 Å². The average Bonchev–Trinajstić information content (AvgIpc) is 2.69. The van der Waals surface area contributed by atoms with Gasteiger partial charge in [-0.05, 0) is 38.0 Å². The summed E-state index contributed by atoms with van der Waals surface area (Å²) in [6.07, 6.45) is 5.09. The van der Waals surface area contributed by atoms with Gasteiger partial charge in [-0.25, -0.2) is 4.39 Å². The molecule has 0 bridgehead atoms. The summed E-state index contributed by atoms with van der Waals surface area (Å²) in [5.74, 6) is -0.316. The average molecular weight is 399 g/mol. The summed E-state index contributed by atoms with van der Waals surface area (Å²) in [5.41, 5.74) is 0.00489. The normalized spacial score (nSPS) is 21.4. The monoisotopic (exact) mass is 398 g/mol. The molecule has 2 aliphatic rings. The number of benzene rings is 1. The molecule has 1 aromatic carbocycles. The molecule has 1 aromatic rings. The van der Waals surface area contributed by atoms with Crippen molar-refractivity contribution in [3.05, 3.63) is 29.0 Å². The van der Waals surface area contributed by atoms with Gasteiger partial charge in [0.05, 0.1) is 18.2 Å². The summed E-state index contributed by atoms with van der Waals surface area (Å²) in [5, 5.41) is 3.24. The Kier molecular flexibility index (Phi) is 6.95. The van der Waals surface area contributed by atoms with E-state index in [1.54, 1.807) is 6.92 Å². The molecule has 7 heteroatoms. The largest absolute Gasteiger partial charge is 0.479 e. The van der Waals surface area contributed by atoms with E-state index >= 15 is 0 Å². The molecule has 2 fully saturated rings. The number of hydrogen-bond donors (Lipinski definition) is 1. The lowest BCUT2D eigenvalue weighted by Gasteiger charge is -2.48. The highest BCUT2D eigenvalue weighted by Gasteiger charge is 2.39. The SMILES string of the molecule is CC(Oc1ccc(F)cc1Cl)C(=O)NCC1(N2CCOCC2)CCCCC1. The Balaban J connectivity index is 1.59. The van der Waals surface area contributed by atoms with E-state index in [1.807, 2.05) is 0 Å². The third kappa shape index (κ3) is 5.12. The van der Waals surface area contributed by atoms with Crippen LogP contribution in [0.1, 0.15) is 39.0 Å². The number of halogens is 2. The highest BCUT2D eigenvalue weighted by Crippen LogP contribution is 2.34. The topological polar surface area (TPSA) is 50.8 Å². The van der Waals surface area contributed by atoms with Gasteiger partial charge in [-0.3, -0.25) is 9.69 Å². The Morgan fingerprint density at radius 1 is 1.33 bits per heavy atom. The van der Waals surface area contributed by atoms with Gasteiger partial charge in [0.15, 0.2) is 6.10 Å². The molecule has 1 saturated carbocycles. The van der Waals surface area contributed by atoms with Gasteiger partial charge in [0.2, 0.25) is 0 Å². The van der Waals surface area contributed by atoms with Crippen LogP contribution in [0, 0.1) is 5.82 Å². The second kappa shape index (κ2) is 9.22. The molecule has 0 aromatic heterocycles. The predicted molar refractivity (Wildman–Crippen MR) is 103 cm³/mol. The maximum Gasteiger partial charge on any atom is 0.260 e. The molecule has 5 nitrogen and oxygen atoms in total. The van der Waals surface area contributed by atoms with Crippen LogP contribution in [0.4, 0.5) is 4.39 Å². The molecular weight excluding hydrogens is 371 g/mol. The van der Waals surface area contributed by atoms with E-state index < -0.39 is 11.9 Å². The minimum Gasteiger partial charge on any atom is -0.479 e. The van der Waals surface area contributed by atoms with E-state index in [0.717, 1.165) is 39.1 Å². The van der Waals surface area contributed by atoms with Gasteiger partial charge in [-0.1, -0.05) is 30.9 Å². The number of ether oxygens (including phenoxy) is 2. The van der Waals surface area contributed by atoms with E-state index in [1.165, 1.54) is 37.5 Å². The van der Waals surface area contributed by atoms with Crippen molar-refractivity contribution < 1.29 is 18.7 Å². The number of morpholine rings is 1. The first-order valence-electron chi connectivity index (χ1n) is 9.72. The van der Waals surface area contributed by atoms with Crippen LogP contribution in [0.5, 0.6) is 5.75 Å². The zero-order chi connectivity index (χ0) is 19.3. The van der Waals surface area contributed by atoms with Crippen molar-refractivity contribution in [2.75, 3.05) is 32.8 Å². The third-order valence-electron chi connectivity index (χ3n) is 5.62. The molecule has 1 amide bonds. The summed E-state index contributed by atoms with van der Waals surface area (Å²) in [4.78, 5) is 15.1. The van der Waals surface area contributed by atoms with Gasteiger partial charge >= 0.3 is 0 Å². The van der Waals surface area contributed by atoms with E-state index in [-0.39, 0.29) is 16.5 Å². The molecule has 3 rings (SSSR count). The number of amides is 1. The maximum atomic E-state index is 13.2. The molecule has 0 spiro atoms. The van der Waals surface area contributed by atoms with Gasteiger partial charge in [-0.15, -0.1) is 0 Å². The number of nitrogens with zero attached hydrogens (tertiary/aromatic N) is 1. The quantitative estimate of drug-likeness (QED) is 0.798. The minimum atomic E-state index is -0.710. The molecule has 1 aliphatic carbocycles. The molecule has 1 unspecified atom stereocenters. The zero-order valence-corrected chi connectivity index (χ0v) is 16.6. The fourth-order valence-corrected chi connectivity index (χ4v) is 4.27. The number of rotatable bonds is 6. The van der Waals surface area contributed by atoms with E-state index in [9.17, 15) is 9.18 Å². The van der Waals surface area contributed by atoms with Crippen LogP contribution in [-0.4, -0.2) is 55.3 Å². The molecule has 1 N–H and O–H groups in total. The Morgan fingerprint density at radius 2 is 2.04 bits per heavy atom. The van der Waals surface area contributed by atoms with Gasteiger partial charge in [0.25, 0.3) is 5.91 Å². The van der Waals surface area contributed by atoms with Gasteiger partial charge in [0, 0.05) is 25.2 Å². The molecule has 0 radical (unpaired) electrons. The van der Waals surface area contributed by atoms with Crippen LogP contribution in [-0.2, 0) is 9.53 Å². The number of carbonyl (C=O) groups is 1. The summed E-state index contributed by atoms with van der Waals surface area (Å²) in [6, 6.07) is 3.88. The van der Waals surface area contributed by atoms with Crippen LogP contribution in [0.15, 0.2) is 18.2 Å². The highest BCUT2D eigenvalue weighted by molar-refractivity contribution is 6.32. The van der Waals surface area contributed by atoms with Gasteiger partial charge in [0.1, 0.15) is 11.6 Å². The van der Waals surface area contributed by atoms with Crippen LogP contribution in [0.25, 0.3) is 0 Å². The second-order valence-electron chi connectivity index (χ2n) is 7.44. The lowest BCUT2D eigenvalue weighted by molar-refractivity contribution is -0.128. The first-order chi connectivity index (χ1) is 13.0. The fourth-order valence-electron chi connectivity index (χ4n) is 4.06. The van der Waals surface area contributed by atoms with Crippen molar-refractivity contribution in [3.8, 4) is 5.75 Å². The summed E-state index contributed by atoms with van der Waals surface area (Å²) in [6.45, 7) is 5.60. The van der Waals surface area contributed by atoms with E-state index in [2.05, 4.69) is 10.2 Å². The molecule has 27 heavy (non-hydrogen) atoms. The van der Waals surface area contributed by atoms with Crippen molar-refractivity contribution in [2.45, 2.75) is 50.7 Å². The number of carbonyl (C=O) groups excluding carboxylic acids is 1. The summed E-state index contributed by atoms with van der Waals surface area (Å²) in [7, 11) is 0. The standard InChI is InChI=1S/C20H28ClFN2O3/c1-15(27-18-6-5-16(22)13-17(18)21)19(25)23-14-20(7-3-2-4-8-20)24-9-11-26-12-10-24/h5-6,13,15H,2-4,7-12,14H2,1H3,(H,23,25). The Labute approximate surface area is 165 Å². The lowest BCUT2D eigenvalue weighted by atomic mass is 9.79. The smallest absolute Gasteiger partial charge is 0.260 e. The molecule has 150 valence electrons. The van der Waals surface area contributed by atoms with Crippen LogP contribution < -0.4 is 10.1 Å². The van der Waals surface area contributed by atoms with Crippen molar-refractivity contribution in [2.24, 2.45) is 0 Å². The molecule has 1 saturated heterocycles. The van der Waals surface area contributed by atoms with Crippen molar-refractivity contribution in [1.29, 1.82) is 0 Å². The molecule has 1 atom stereocenters. The van der Waals surface area contributed by atoms with E-state index in [4.69, 9.17) is 21.1 Å². The number of nitrogens with one attached hydrogen (secondary N) is 1. The molecule has 1 aliphatic heterocycles. The van der Waals surface area contributed by atoms with Crippen molar-refractivity contribution >= 4 is 17.5 Å². The number of hydrogen-bond acceptors (Lipinski definition) is 4. The predicted octanol–water partition coefficient (Wildman–Crippen LogP) is 3.40.